The van der Waals surface area contributed by atoms with Gasteiger partial charge in [0.05, 0.1) is 34.9 Å². The van der Waals surface area contributed by atoms with Crippen molar-refractivity contribution >= 4 is 16.0 Å². The monoisotopic (exact) mass is 537 g/mol. The van der Waals surface area contributed by atoms with Crippen LogP contribution in [-0.4, -0.2) is 48.7 Å². The molecular formula is C25H23F4N3O4S. The van der Waals surface area contributed by atoms with Gasteiger partial charge in [-0.2, -0.15) is 22.6 Å². The Bertz CT molecular complexity index is 1440. The average Bonchev–Trinajstić information content (AvgIpc) is 3.28. The largest absolute Gasteiger partial charge is 0.469 e. The van der Waals surface area contributed by atoms with Crippen LogP contribution in [0.25, 0.3) is 5.69 Å². The standard InChI is InChI=1S/C25H23F4N3O4S/c1-36-23(33)24-13-16-14-30-32(20-6-4-19(26)5-7-20)22(16)12-18(24)10-11-31(15-24)37(34,35)21-8-2-17(3-9-21)25(27,28)29/h2-9,14,18H,10-13,15H2,1H3/t18-,24+/m0/s1. The SMILES string of the molecule is COC(=O)[C@@]12Cc3cnn(-c4ccc(F)cc4)c3C[C@@H]1CCN(S(=O)(=O)c1ccc(C(F)(F)F)cc1)C2. The highest BCUT2D eigenvalue weighted by atomic mass is 32.2. The predicted molar refractivity (Wildman–Crippen MR) is 124 cm³/mol. The van der Waals surface area contributed by atoms with E-state index in [-0.39, 0.29) is 36.1 Å². The lowest BCUT2D eigenvalue weighted by molar-refractivity contribution is -0.160. The van der Waals surface area contributed by atoms with Crippen molar-refractivity contribution in [2.24, 2.45) is 11.3 Å². The summed E-state index contributed by atoms with van der Waals surface area (Å²) in [4.78, 5) is 12.9. The van der Waals surface area contributed by atoms with E-state index in [0.717, 1.165) is 39.8 Å². The minimum atomic E-state index is -4.59. The zero-order chi connectivity index (χ0) is 26.6. The molecule has 1 aromatic heterocycles. The number of benzene rings is 2. The van der Waals surface area contributed by atoms with Gasteiger partial charge in [-0.15, -0.1) is 0 Å². The molecule has 0 amide bonds. The Morgan fingerprint density at radius 3 is 2.41 bits per heavy atom. The van der Waals surface area contributed by atoms with E-state index in [2.05, 4.69) is 5.10 Å². The normalized spacial score (nSPS) is 22.2. The summed E-state index contributed by atoms with van der Waals surface area (Å²) >= 11 is 0. The van der Waals surface area contributed by atoms with Crippen LogP contribution in [-0.2, 0) is 38.6 Å². The van der Waals surface area contributed by atoms with E-state index in [0.29, 0.717) is 18.5 Å². The van der Waals surface area contributed by atoms with E-state index in [1.165, 1.54) is 19.2 Å². The van der Waals surface area contributed by atoms with Gasteiger partial charge in [-0.05, 0) is 79.3 Å². The summed E-state index contributed by atoms with van der Waals surface area (Å²) in [7, 11) is -2.93. The molecule has 2 heterocycles. The number of aromatic nitrogens is 2. The summed E-state index contributed by atoms with van der Waals surface area (Å²) in [6, 6.07) is 9.18. The summed E-state index contributed by atoms with van der Waals surface area (Å²) in [5, 5.41) is 4.43. The Labute approximate surface area is 210 Å². The fourth-order valence-corrected chi connectivity index (χ4v) is 6.95. The third-order valence-electron chi connectivity index (χ3n) is 7.35. The van der Waals surface area contributed by atoms with Crippen molar-refractivity contribution in [2.75, 3.05) is 20.2 Å². The number of alkyl halides is 3. The van der Waals surface area contributed by atoms with Gasteiger partial charge in [0.25, 0.3) is 0 Å². The second-order valence-electron chi connectivity index (χ2n) is 9.38. The van der Waals surface area contributed by atoms with Gasteiger partial charge < -0.3 is 4.74 Å². The van der Waals surface area contributed by atoms with Crippen LogP contribution in [0.5, 0.6) is 0 Å². The smallest absolute Gasteiger partial charge is 0.416 e. The summed E-state index contributed by atoms with van der Waals surface area (Å²) in [6.45, 7) is -0.0817. The van der Waals surface area contributed by atoms with Crippen molar-refractivity contribution in [3.05, 3.63) is 77.4 Å². The molecule has 1 aliphatic heterocycles. The first kappa shape index (κ1) is 25.4. The first-order chi connectivity index (χ1) is 17.5. The van der Waals surface area contributed by atoms with E-state index < -0.39 is 33.1 Å². The van der Waals surface area contributed by atoms with Crippen LogP contribution < -0.4 is 0 Å². The number of ether oxygens (including phenoxy) is 1. The molecule has 0 radical (unpaired) electrons. The van der Waals surface area contributed by atoms with Crippen molar-refractivity contribution in [2.45, 2.75) is 30.3 Å². The van der Waals surface area contributed by atoms with Gasteiger partial charge in [0, 0.05) is 18.8 Å². The van der Waals surface area contributed by atoms with Crippen LogP contribution in [0.4, 0.5) is 17.6 Å². The molecule has 0 N–H and O–H groups in total. The highest BCUT2D eigenvalue weighted by molar-refractivity contribution is 7.89. The van der Waals surface area contributed by atoms with E-state index in [4.69, 9.17) is 4.74 Å². The second-order valence-corrected chi connectivity index (χ2v) is 11.3. The number of hydrogen-bond acceptors (Lipinski definition) is 5. The molecule has 2 aliphatic rings. The van der Waals surface area contributed by atoms with Crippen molar-refractivity contribution < 1.29 is 35.5 Å². The highest BCUT2D eigenvalue weighted by Crippen LogP contribution is 2.47. The van der Waals surface area contributed by atoms with E-state index in [1.807, 2.05) is 0 Å². The Kier molecular flexibility index (Phi) is 6.14. The van der Waals surface area contributed by atoms with E-state index in [9.17, 15) is 30.8 Å². The van der Waals surface area contributed by atoms with Gasteiger partial charge in [-0.1, -0.05) is 0 Å². The summed E-state index contributed by atoms with van der Waals surface area (Å²) in [6.07, 6.45) is -2.03. The zero-order valence-electron chi connectivity index (χ0n) is 19.7. The van der Waals surface area contributed by atoms with Gasteiger partial charge >= 0.3 is 12.1 Å². The zero-order valence-corrected chi connectivity index (χ0v) is 20.5. The average molecular weight is 538 g/mol. The molecule has 37 heavy (non-hydrogen) atoms. The van der Waals surface area contributed by atoms with Crippen molar-refractivity contribution in [1.29, 1.82) is 0 Å². The molecule has 5 rings (SSSR count). The van der Waals surface area contributed by atoms with Gasteiger partial charge in [-0.25, -0.2) is 17.5 Å². The number of piperidine rings is 1. The molecule has 0 saturated carbocycles. The molecule has 0 spiro atoms. The van der Waals surface area contributed by atoms with Crippen molar-refractivity contribution in [3.63, 3.8) is 0 Å². The number of sulfonamides is 1. The molecule has 1 fully saturated rings. The predicted octanol–water partition coefficient (Wildman–Crippen LogP) is 4.00. The number of halogens is 4. The molecule has 2 atom stereocenters. The Hall–Kier alpha value is -3.25. The third kappa shape index (κ3) is 4.31. The lowest BCUT2D eigenvalue weighted by Crippen LogP contribution is -2.58. The number of hydrogen-bond donors (Lipinski definition) is 0. The minimum absolute atomic E-state index is 0.0901. The molecule has 7 nitrogen and oxygen atoms in total. The maximum Gasteiger partial charge on any atom is 0.416 e. The molecule has 3 aromatic rings. The highest BCUT2D eigenvalue weighted by Gasteiger charge is 2.55. The maximum absolute atomic E-state index is 13.4. The van der Waals surface area contributed by atoms with Crippen LogP contribution >= 0.6 is 0 Å². The second kappa shape index (κ2) is 8.95. The summed E-state index contributed by atoms with van der Waals surface area (Å²) in [5.74, 6) is -1.19. The Balaban J connectivity index is 1.48. The van der Waals surface area contributed by atoms with E-state index in [1.54, 1.807) is 23.0 Å². The number of nitrogens with zero attached hydrogens (tertiary/aromatic N) is 3. The number of esters is 1. The molecule has 1 aliphatic carbocycles. The third-order valence-corrected chi connectivity index (χ3v) is 9.21. The minimum Gasteiger partial charge on any atom is -0.469 e. The lowest BCUT2D eigenvalue weighted by atomic mass is 9.63. The molecule has 1 saturated heterocycles. The molecular weight excluding hydrogens is 514 g/mol. The maximum atomic E-state index is 13.4. The van der Waals surface area contributed by atoms with Crippen molar-refractivity contribution in [1.82, 2.24) is 14.1 Å². The van der Waals surface area contributed by atoms with Crippen LogP contribution in [0.15, 0.2) is 59.6 Å². The Morgan fingerprint density at radius 2 is 1.78 bits per heavy atom. The number of carbonyl (C=O) groups excluding carboxylic acids is 1. The van der Waals surface area contributed by atoms with Crippen LogP contribution in [0.2, 0.25) is 0 Å². The van der Waals surface area contributed by atoms with Gasteiger partial charge in [-0.3, -0.25) is 4.79 Å². The van der Waals surface area contributed by atoms with Crippen molar-refractivity contribution in [3.8, 4) is 5.69 Å². The molecule has 2 aromatic carbocycles. The number of fused-ring (bicyclic) bond motifs is 2. The Morgan fingerprint density at radius 1 is 1.11 bits per heavy atom. The summed E-state index contributed by atoms with van der Waals surface area (Å²) in [5.41, 5.74) is 0.134. The molecule has 12 heteroatoms. The molecule has 196 valence electrons. The topological polar surface area (TPSA) is 81.5 Å². The van der Waals surface area contributed by atoms with Crippen LogP contribution in [0, 0.1) is 17.2 Å². The summed E-state index contributed by atoms with van der Waals surface area (Å²) < 4.78 is 87.0. The van der Waals surface area contributed by atoms with Gasteiger partial charge in [0.15, 0.2) is 0 Å². The fourth-order valence-electron chi connectivity index (χ4n) is 5.42. The molecule has 0 bridgehead atoms. The van der Waals surface area contributed by atoms with Crippen LogP contribution in [0.1, 0.15) is 23.2 Å². The lowest BCUT2D eigenvalue weighted by Gasteiger charge is -2.48. The number of rotatable bonds is 4. The quantitative estimate of drug-likeness (QED) is 0.371. The van der Waals surface area contributed by atoms with Gasteiger partial charge in [0.2, 0.25) is 10.0 Å². The first-order valence-corrected chi connectivity index (χ1v) is 13.0. The van der Waals surface area contributed by atoms with Crippen LogP contribution in [0.3, 0.4) is 0 Å². The van der Waals surface area contributed by atoms with E-state index >= 15 is 0 Å². The number of carbonyl (C=O) groups is 1. The first-order valence-electron chi connectivity index (χ1n) is 11.5. The van der Waals surface area contributed by atoms with Gasteiger partial charge in [0.1, 0.15) is 5.82 Å². The molecule has 0 unspecified atom stereocenters. The number of methoxy groups -OCH3 is 1. The fraction of sp³-hybridized carbons (Fsp3) is 0.360.